The van der Waals surface area contributed by atoms with Gasteiger partial charge in [0.05, 0.1) is 16.1 Å². The summed E-state index contributed by atoms with van der Waals surface area (Å²) >= 11 is 5.63. The zero-order chi connectivity index (χ0) is 17.6. The molecular formula is C16H10ClFN4O2S. The van der Waals surface area contributed by atoms with E-state index in [1.165, 1.54) is 6.20 Å². The summed E-state index contributed by atoms with van der Waals surface area (Å²) in [6, 6.07) is 8.11. The van der Waals surface area contributed by atoms with E-state index >= 15 is 0 Å². The van der Waals surface area contributed by atoms with E-state index in [1.54, 1.807) is 24.4 Å². The molecule has 3 aromatic heterocycles. The minimum Gasteiger partial charge on any atom is -0.358 e. The average Bonchev–Trinajstić information content (AvgIpc) is 3.03. The SMILES string of the molecule is O=S(=O)(Nc1ncc(Cl)cc1F)c1c[nH]c2c1ccc1cccnc12. The van der Waals surface area contributed by atoms with Crippen molar-refractivity contribution in [3.8, 4) is 0 Å². The predicted octanol–water partition coefficient (Wildman–Crippen LogP) is 3.70. The first kappa shape index (κ1) is 15.8. The Balaban J connectivity index is 1.84. The molecule has 0 unspecified atom stereocenters. The molecule has 9 heteroatoms. The first-order valence-corrected chi connectivity index (χ1v) is 9.00. The van der Waals surface area contributed by atoms with Gasteiger partial charge in [0.25, 0.3) is 10.0 Å². The third kappa shape index (κ3) is 2.69. The lowest BCUT2D eigenvalue weighted by Crippen LogP contribution is -2.14. The number of halogens is 2. The molecule has 1 aromatic carbocycles. The largest absolute Gasteiger partial charge is 0.358 e. The molecule has 0 amide bonds. The third-order valence-electron chi connectivity index (χ3n) is 3.72. The Labute approximate surface area is 146 Å². The van der Waals surface area contributed by atoms with Gasteiger partial charge in [0.2, 0.25) is 0 Å². The summed E-state index contributed by atoms with van der Waals surface area (Å²) in [5.74, 6) is -1.28. The van der Waals surface area contributed by atoms with Crippen LogP contribution in [0.2, 0.25) is 5.02 Å². The normalized spacial score (nSPS) is 11.9. The molecule has 3 heterocycles. The van der Waals surface area contributed by atoms with Crippen LogP contribution in [0, 0.1) is 5.82 Å². The average molecular weight is 377 g/mol. The molecule has 0 atom stereocenters. The highest BCUT2D eigenvalue weighted by atomic mass is 35.5. The molecule has 0 bridgehead atoms. The van der Waals surface area contributed by atoms with Gasteiger partial charge in [-0.2, -0.15) is 0 Å². The Morgan fingerprint density at radius 2 is 2.04 bits per heavy atom. The van der Waals surface area contributed by atoms with Crippen LogP contribution >= 0.6 is 11.6 Å². The summed E-state index contributed by atoms with van der Waals surface area (Å²) in [7, 11) is -4.06. The second kappa shape index (κ2) is 5.68. The number of aromatic amines is 1. The fourth-order valence-corrected chi connectivity index (χ4v) is 3.94. The lowest BCUT2D eigenvalue weighted by atomic mass is 10.1. The number of benzene rings is 1. The van der Waals surface area contributed by atoms with Crippen LogP contribution in [-0.2, 0) is 10.0 Å². The van der Waals surface area contributed by atoms with Gasteiger partial charge < -0.3 is 4.98 Å². The van der Waals surface area contributed by atoms with Crippen molar-refractivity contribution < 1.29 is 12.8 Å². The second-order valence-corrected chi connectivity index (χ2v) is 7.39. The Kier molecular flexibility index (Phi) is 3.59. The highest BCUT2D eigenvalue weighted by molar-refractivity contribution is 7.93. The molecule has 0 saturated heterocycles. The van der Waals surface area contributed by atoms with Gasteiger partial charge in [-0.15, -0.1) is 0 Å². The molecule has 0 saturated carbocycles. The molecule has 6 nitrogen and oxygen atoms in total. The predicted molar refractivity (Wildman–Crippen MR) is 93.6 cm³/mol. The molecule has 4 aromatic rings. The van der Waals surface area contributed by atoms with E-state index in [2.05, 4.69) is 19.7 Å². The molecule has 0 aliphatic rings. The quantitative estimate of drug-likeness (QED) is 0.570. The lowest BCUT2D eigenvalue weighted by molar-refractivity contribution is 0.598. The van der Waals surface area contributed by atoms with Crippen molar-refractivity contribution in [1.29, 1.82) is 0 Å². The first-order chi connectivity index (χ1) is 12.0. The van der Waals surface area contributed by atoms with Crippen LogP contribution in [0.5, 0.6) is 0 Å². The molecular weight excluding hydrogens is 367 g/mol. The number of hydrogen-bond acceptors (Lipinski definition) is 4. The number of sulfonamides is 1. The van der Waals surface area contributed by atoms with Gasteiger partial charge in [0.1, 0.15) is 4.90 Å². The zero-order valence-corrected chi connectivity index (χ0v) is 14.1. The molecule has 4 rings (SSSR count). The minimum absolute atomic E-state index is 0.0220. The molecule has 126 valence electrons. The number of nitrogens with one attached hydrogen (secondary N) is 2. The van der Waals surface area contributed by atoms with Crippen LogP contribution in [0.1, 0.15) is 0 Å². The van der Waals surface area contributed by atoms with E-state index in [-0.39, 0.29) is 9.92 Å². The molecule has 0 aliphatic heterocycles. The summed E-state index contributed by atoms with van der Waals surface area (Å²) in [5.41, 5.74) is 1.24. The summed E-state index contributed by atoms with van der Waals surface area (Å²) in [6.07, 6.45) is 4.13. The number of hydrogen-bond donors (Lipinski definition) is 2. The summed E-state index contributed by atoms with van der Waals surface area (Å²) in [5, 5.41) is 1.40. The van der Waals surface area contributed by atoms with Gasteiger partial charge in [-0.3, -0.25) is 9.71 Å². The Morgan fingerprint density at radius 1 is 1.20 bits per heavy atom. The highest BCUT2D eigenvalue weighted by Gasteiger charge is 2.22. The van der Waals surface area contributed by atoms with Crippen molar-refractivity contribution in [1.82, 2.24) is 15.0 Å². The highest BCUT2D eigenvalue weighted by Crippen LogP contribution is 2.29. The maximum absolute atomic E-state index is 13.9. The van der Waals surface area contributed by atoms with Crippen molar-refractivity contribution in [3.63, 3.8) is 0 Å². The summed E-state index contributed by atoms with van der Waals surface area (Å²) in [4.78, 5) is 10.9. The molecule has 25 heavy (non-hydrogen) atoms. The summed E-state index contributed by atoms with van der Waals surface area (Å²) in [6.45, 7) is 0. The van der Waals surface area contributed by atoms with Crippen molar-refractivity contribution in [2.75, 3.05) is 4.72 Å². The van der Waals surface area contributed by atoms with Crippen molar-refractivity contribution >= 4 is 49.2 Å². The number of rotatable bonds is 3. The number of H-pyrrole nitrogens is 1. The van der Waals surface area contributed by atoms with E-state index in [0.717, 1.165) is 17.6 Å². The topological polar surface area (TPSA) is 87.7 Å². The number of aromatic nitrogens is 3. The van der Waals surface area contributed by atoms with E-state index < -0.39 is 21.7 Å². The minimum atomic E-state index is -4.06. The number of fused-ring (bicyclic) bond motifs is 3. The Hall–Kier alpha value is -2.71. The number of pyridine rings is 2. The smallest absolute Gasteiger partial charge is 0.265 e. The van der Waals surface area contributed by atoms with E-state index in [1.807, 2.05) is 6.07 Å². The number of nitrogens with zero attached hydrogens (tertiary/aromatic N) is 2. The van der Waals surface area contributed by atoms with Crippen LogP contribution in [0.15, 0.2) is 53.8 Å². The van der Waals surface area contributed by atoms with Crippen LogP contribution in [0.25, 0.3) is 21.8 Å². The zero-order valence-electron chi connectivity index (χ0n) is 12.5. The third-order valence-corrected chi connectivity index (χ3v) is 5.30. The Bertz CT molecular complexity index is 1220. The van der Waals surface area contributed by atoms with Gasteiger partial charge in [0.15, 0.2) is 11.6 Å². The molecule has 0 spiro atoms. The fourth-order valence-electron chi connectivity index (χ4n) is 2.61. The second-order valence-electron chi connectivity index (χ2n) is 5.31. The van der Waals surface area contributed by atoms with Crippen LogP contribution in [0.3, 0.4) is 0 Å². The van der Waals surface area contributed by atoms with Gasteiger partial charge in [-0.1, -0.05) is 29.8 Å². The van der Waals surface area contributed by atoms with E-state index in [0.29, 0.717) is 16.4 Å². The molecule has 0 fully saturated rings. The van der Waals surface area contributed by atoms with Crippen molar-refractivity contribution in [2.24, 2.45) is 0 Å². The van der Waals surface area contributed by atoms with Crippen LogP contribution < -0.4 is 4.72 Å². The molecule has 0 radical (unpaired) electrons. The standard InChI is InChI=1S/C16H10ClFN4O2S/c17-10-6-12(18)16(21-7-10)22-25(23,24)13-8-20-15-11(13)4-3-9-2-1-5-19-14(9)15/h1-8,20H,(H,21,22). The summed E-state index contributed by atoms with van der Waals surface area (Å²) < 4.78 is 41.3. The lowest BCUT2D eigenvalue weighted by Gasteiger charge is -2.07. The van der Waals surface area contributed by atoms with Crippen LogP contribution in [-0.4, -0.2) is 23.4 Å². The monoisotopic (exact) mass is 376 g/mol. The van der Waals surface area contributed by atoms with Gasteiger partial charge in [-0.05, 0) is 12.1 Å². The van der Waals surface area contributed by atoms with E-state index in [4.69, 9.17) is 11.6 Å². The Morgan fingerprint density at radius 3 is 2.84 bits per heavy atom. The maximum Gasteiger partial charge on any atom is 0.265 e. The maximum atomic E-state index is 13.9. The van der Waals surface area contributed by atoms with Gasteiger partial charge in [-0.25, -0.2) is 17.8 Å². The van der Waals surface area contributed by atoms with Crippen molar-refractivity contribution in [3.05, 3.63) is 59.8 Å². The molecule has 2 N–H and O–H groups in total. The van der Waals surface area contributed by atoms with Crippen LogP contribution in [0.4, 0.5) is 10.2 Å². The fraction of sp³-hybridized carbons (Fsp3) is 0. The number of anilines is 1. The van der Waals surface area contributed by atoms with Crippen molar-refractivity contribution in [2.45, 2.75) is 4.90 Å². The van der Waals surface area contributed by atoms with Gasteiger partial charge in [0, 0.05) is 29.4 Å². The first-order valence-electron chi connectivity index (χ1n) is 7.14. The van der Waals surface area contributed by atoms with E-state index in [9.17, 15) is 12.8 Å². The van der Waals surface area contributed by atoms with Gasteiger partial charge >= 0.3 is 0 Å². The molecule has 0 aliphatic carbocycles.